The average Bonchev–Trinajstić information content (AvgIpc) is 2.32. The van der Waals surface area contributed by atoms with Gasteiger partial charge in [0.15, 0.2) is 0 Å². The van der Waals surface area contributed by atoms with E-state index in [1.807, 2.05) is 6.92 Å². The van der Waals surface area contributed by atoms with Crippen LogP contribution in [0, 0.1) is 20.8 Å². The van der Waals surface area contributed by atoms with Crippen molar-refractivity contribution in [2.24, 2.45) is 5.73 Å². The van der Waals surface area contributed by atoms with E-state index in [4.69, 9.17) is 11.5 Å². The molecule has 0 aliphatic carbocycles. The van der Waals surface area contributed by atoms with Gasteiger partial charge in [0.05, 0.1) is 11.4 Å². The van der Waals surface area contributed by atoms with Crippen LogP contribution in [0.25, 0.3) is 0 Å². The lowest BCUT2D eigenvalue weighted by molar-refractivity contribution is -0.118. The van der Waals surface area contributed by atoms with Gasteiger partial charge < -0.3 is 11.5 Å². The number of carbonyl (C=O) groups excluding carboxylic acids is 1. The van der Waals surface area contributed by atoms with Crippen molar-refractivity contribution in [2.45, 2.75) is 32.6 Å². The number of amides is 1. The van der Waals surface area contributed by atoms with Crippen molar-refractivity contribution in [3.05, 3.63) is 22.8 Å². The fourth-order valence-electron chi connectivity index (χ4n) is 2.25. The van der Waals surface area contributed by atoms with Gasteiger partial charge in [-0.15, -0.1) is 0 Å². The maximum Gasteiger partial charge on any atom is 0.244 e. The fraction of sp³-hybridized carbons (Fsp3) is 0.462. The summed E-state index contributed by atoms with van der Waals surface area (Å²) in [5.74, 6) is -0.689. The zero-order chi connectivity index (χ0) is 15.7. The minimum Gasteiger partial charge on any atom is -0.398 e. The summed E-state index contributed by atoms with van der Waals surface area (Å²) in [7, 11) is -3.79. The maximum absolute atomic E-state index is 12.7. The van der Waals surface area contributed by atoms with Gasteiger partial charge >= 0.3 is 0 Å². The first-order valence-electron chi connectivity index (χ1n) is 6.27. The fourth-order valence-corrected chi connectivity index (χ4v) is 4.11. The molecule has 112 valence electrons. The van der Waals surface area contributed by atoms with Crippen LogP contribution in [-0.2, 0) is 14.8 Å². The molecule has 0 saturated carbocycles. The molecule has 0 aromatic heterocycles. The molecule has 1 rings (SSSR count). The van der Waals surface area contributed by atoms with Crippen molar-refractivity contribution in [1.29, 1.82) is 0 Å². The van der Waals surface area contributed by atoms with Gasteiger partial charge in [-0.1, -0.05) is 13.0 Å². The number of hydrogen-bond donors (Lipinski definition) is 2. The summed E-state index contributed by atoms with van der Waals surface area (Å²) in [4.78, 5) is 11.2. The largest absolute Gasteiger partial charge is 0.398 e. The second-order valence-corrected chi connectivity index (χ2v) is 6.65. The van der Waals surface area contributed by atoms with E-state index in [9.17, 15) is 13.2 Å². The van der Waals surface area contributed by atoms with Crippen LogP contribution in [0.15, 0.2) is 11.0 Å². The lowest BCUT2D eigenvalue weighted by Gasteiger charge is -2.22. The number of primary amides is 1. The quantitative estimate of drug-likeness (QED) is 0.780. The molecular weight excluding hydrogens is 278 g/mol. The normalized spacial score (nSPS) is 11.8. The third kappa shape index (κ3) is 2.94. The standard InChI is InChI=1S/C13H21N3O3S/c1-5-16(7-11(14)17)20(18,19)13-9(3)6-8(2)12(15)10(13)4/h6H,5,7,15H2,1-4H3,(H2,14,17). The Kier molecular flexibility index (Phi) is 4.77. The first kappa shape index (κ1) is 16.5. The Hall–Kier alpha value is -1.60. The van der Waals surface area contributed by atoms with Crippen LogP contribution in [0.3, 0.4) is 0 Å². The molecule has 20 heavy (non-hydrogen) atoms. The molecule has 0 heterocycles. The second kappa shape index (κ2) is 5.80. The Morgan fingerprint density at radius 3 is 2.25 bits per heavy atom. The monoisotopic (exact) mass is 299 g/mol. The van der Waals surface area contributed by atoms with E-state index in [0.717, 1.165) is 9.87 Å². The minimum absolute atomic E-state index is 0.156. The van der Waals surface area contributed by atoms with E-state index < -0.39 is 15.9 Å². The van der Waals surface area contributed by atoms with Crippen LogP contribution in [0.1, 0.15) is 23.6 Å². The molecule has 1 amide bonds. The average molecular weight is 299 g/mol. The van der Waals surface area contributed by atoms with Gasteiger partial charge in [0.25, 0.3) is 0 Å². The number of carbonyl (C=O) groups is 1. The molecule has 0 atom stereocenters. The van der Waals surface area contributed by atoms with Gasteiger partial charge in [0, 0.05) is 12.2 Å². The number of nitrogens with two attached hydrogens (primary N) is 2. The predicted molar refractivity (Wildman–Crippen MR) is 78.7 cm³/mol. The molecule has 0 aliphatic rings. The molecule has 1 aromatic rings. The van der Waals surface area contributed by atoms with Gasteiger partial charge in [0.2, 0.25) is 15.9 Å². The summed E-state index contributed by atoms with van der Waals surface area (Å²) >= 11 is 0. The number of sulfonamides is 1. The number of hydrogen-bond acceptors (Lipinski definition) is 4. The predicted octanol–water partition coefficient (Wildman–Crippen LogP) is 0.690. The van der Waals surface area contributed by atoms with Crippen LogP contribution in [0.2, 0.25) is 0 Å². The minimum atomic E-state index is -3.79. The number of nitrogen functional groups attached to an aromatic ring is 1. The summed E-state index contributed by atoms with van der Waals surface area (Å²) in [5.41, 5.74) is 13.4. The van der Waals surface area contributed by atoms with Crippen molar-refractivity contribution in [1.82, 2.24) is 4.31 Å². The Bertz CT molecular complexity index is 639. The smallest absolute Gasteiger partial charge is 0.244 e. The van der Waals surface area contributed by atoms with E-state index in [0.29, 0.717) is 16.8 Å². The number of rotatable bonds is 5. The zero-order valence-electron chi connectivity index (χ0n) is 12.2. The van der Waals surface area contributed by atoms with Gasteiger partial charge in [0.1, 0.15) is 0 Å². The van der Waals surface area contributed by atoms with Gasteiger partial charge in [-0.25, -0.2) is 8.42 Å². The molecule has 0 bridgehead atoms. The van der Waals surface area contributed by atoms with Crippen LogP contribution in [0.4, 0.5) is 5.69 Å². The molecule has 1 aromatic carbocycles. The van der Waals surface area contributed by atoms with Crippen LogP contribution < -0.4 is 11.5 Å². The summed E-state index contributed by atoms with van der Waals surface area (Å²) in [5, 5.41) is 0. The topological polar surface area (TPSA) is 106 Å². The third-order valence-electron chi connectivity index (χ3n) is 3.24. The Labute approximate surface area is 119 Å². The molecule has 0 fully saturated rings. The highest BCUT2D eigenvalue weighted by atomic mass is 32.2. The molecule has 0 saturated heterocycles. The number of anilines is 1. The zero-order valence-corrected chi connectivity index (χ0v) is 13.0. The summed E-state index contributed by atoms with van der Waals surface area (Å²) < 4.78 is 26.4. The van der Waals surface area contributed by atoms with Crippen molar-refractivity contribution in [3.63, 3.8) is 0 Å². The van der Waals surface area contributed by atoms with Crippen LogP contribution in [-0.4, -0.2) is 31.7 Å². The summed E-state index contributed by atoms with van der Waals surface area (Å²) in [6.07, 6.45) is 0. The molecule has 0 unspecified atom stereocenters. The molecule has 0 spiro atoms. The number of aryl methyl sites for hydroxylation is 2. The van der Waals surface area contributed by atoms with Gasteiger partial charge in [-0.3, -0.25) is 4.79 Å². The van der Waals surface area contributed by atoms with Crippen molar-refractivity contribution in [2.75, 3.05) is 18.8 Å². The van der Waals surface area contributed by atoms with Crippen molar-refractivity contribution < 1.29 is 13.2 Å². The first-order chi connectivity index (χ1) is 9.12. The lowest BCUT2D eigenvalue weighted by atomic mass is 10.1. The SMILES string of the molecule is CCN(CC(N)=O)S(=O)(=O)c1c(C)cc(C)c(N)c1C. The highest BCUT2D eigenvalue weighted by Gasteiger charge is 2.28. The lowest BCUT2D eigenvalue weighted by Crippen LogP contribution is -2.38. The molecule has 0 radical (unpaired) electrons. The Morgan fingerprint density at radius 1 is 1.25 bits per heavy atom. The maximum atomic E-state index is 12.7. The van der Waals surface area contributed by atoms with Gasteiger partial charge in [-0.05, 0) is 37.5 Å². The first-order valence-corrected chi connectivity index (χ1v) is 7.71. The molecular formula is C13H21N3O3S. The number of benzene rings is 1. The van der Waals surface area contributed by atoms with Crippen molar-refractivity contribution in [3.8, 4) is 0 Å². The summed E-state index contributed by atoms with van der Waals surface area (Å²) in [6.45, 7) is 6.68. The second-order valence-electron chi connectivity index (χ2n) is 4.78. The van der Waals surface area contributed by atoms with Gasteiger partial charge in [-0.2, -0.15) is 4.31 Å². The van der Waals surface area contributed by atoms with E-state index in [2.05, 4.69) is 0 Å². The van der Waals surface area contributed by atoms with E-state index >= 15 is 0 Å². The van der Waals surface area contributed by atoms with E-state index in [1.165, 1.54) is 0 Å². The molecule has 0 aliphatic heterocycles. The Balaban J connectivity index is 3.50. The number of likely N-dealkylation sites (N-methyl/N-ethyl adjacent to an activating group) is 1. The van der Waals surface area contributed by atoms with E-state index in [-0.39, 0.29) is 18.0 Å². The van der Waals surface area contributed by atoms with Crippen molar-refractivity contribution >= 4 is 21.6 Å². The highest BCUT2D eigenvalue weighted by Crippen LogP contribution is 2.30. The molecule has 6 nitrogen and oxygen atoms in total. The number of nitrogens with zero attached hydrogens (tertiary/aromatic N) is 1. The molecule has 7 heteroatoms. The van der Waals surface area contributed by atoms with E-state index in [1.54, 1.807) is 26.8 Å². The van der Waals surface area contributed by atoms with Crippen LogP contribution in [0.5, 0.6) is 0 Å². The highest BCUT2D eigenvalue weighted by molar-refractivity contribution is 7.89. The summed E-state index contributed by atoms with van der Waals surface area (Å²) in [6, 6.07) is 1.73. The molecule has 4 N–H and O–H groups in total. The van der Waals surface area contributed by atoms with Crippen LogP contribution >= 0.6 is 0 Å². The Morgan fingerprint density at radius 2 is 1.80 bits per heavy atom. The third-order valence-corrected chi connectivity index (χ3v) is 5.45.